The Bertz CT molecular complexity index is 1190. The van der Waals surface area contributed by atoms with Crippen LogP contribution in [-0.2, 0) is 19.0 Å². The molecule has 3 rings (SSSR count). The first-order valence-corrected chi connectivity index (χ1v) is 11.7. The molecule has 0 aromatic heterocycles. The Morgan fingerprint density at radius 3 is 2.39 bits per heavy atom. The lowest BCUT2D eigenvalue weighted by Crippen LogP contribution is -2.50. The molecule has 1 unspecified atom stereocenters. The van der Waals surface area contributed by atoms with Gasteiger partial charge < -0.3 is 29.7 Å². The van der Waals surface area contributed by atoms with Crippen molar-refractivity contribution in [3.63, 3.8) is 0 Å². The number of ether oxygens (including phenoxy) is 3. The second kappa shape index (κ2) is 10.6. The highest BCUT2D eigenvalue weighted by Gasteiger charge is 2.37. The van der Waals surface area contributed by atoms with Gasteiger partial charge in [0.25, 0.3) is 0 Å². The number of hydrogen-bond acceptors (Lipinski definition) is 9. The fourth-order valence-corrected chi connectivity index (χ4v) is 4.24. The zero-order chi connectivity index (χ0) is 26.6. The fourth-order valence-electron chi connectivity index (χ4n) is 4.24. The van der Waals surface area contributed by atoms with Crippen molar-refractivity contribution in [3.8, 4) is 12.1 Å². The first kappa shape index (κ1) is 26.4. The lowest BCUT2D eigenvalue weighted by atomic mass is 9.82. The summed E-state index contributed by atoms with van der Waals surface area (Å²) >= 11 is 0. The van der Waals surface area contributed by atoms with Crippen LogP contribution in [0.1, 0.15) is 51.7 Å². The number of nitriles is 2. The van der Waals surface area contributed by atoms with Crippen molar-refractivity contribution in [2.24, 2.45) is 5.73 Å². The fraction of sp³-hybridized carbons (Fsp3) is 0.462. The van der Waals surface area contributed by atoms with Gasteiger partial charge in [-0.05, 0) is 52.3 Å². The van der Waals surface area contributed by atoms with Gasteiger partial charge in [-0.25, -0.2) is 9.59 Å². The molecule has 0 bridgehead atoms. The maximum absolute atomic E-state index is 12.8. The van der Waals surface area contributed by atoms with E-state index in [2.05, 4.69) is 6.07 Å². The van der Waals surface area contributed by atoms with E-state index in [0.717, 1.165) is 0 Å². The minimum atomic E-state index is -0.826. The summed E-state index contributed by atoms with van der Waals surface area (Å²) in [6, 6.07) is 9.47. The quantitative estimate of drug-likeness (QED) is 0.625. The van der Waals surface area contributed by atoms with Crippen molar-refractivity contribution >= 4 is 17.7 Å². The number of rotatable bonds is 4. The number of carbonyl (C=O) groups excluding carboxylic acids is 2. The molecule has 190 valence electrons. The molecule has 2 N–H and O–H groups in total. The van der Waals surface area contributed by atoms with Crippen molar-refractivity contribution in [1.29, 1.82) is 10.5 Å². The molecule has 36 heavy (non-hydrogen) atoms. The molecule has 1 fully saturated rings. The number of amides is 1. The standard InChI is InChI=1S/C26H31N5O5/c1-6-34-24(32)21-16(2)35-23(29)19(15-28)22(21)17-7-8-20(18(13-17)14-27)30-9-11-31(12-10-30)25(33)36-26(3,4)5/h7-8,13,22H,6,9-12,29H2,1-5H3. The van der Waals surface area contributed by atoms with E-state index < -0.39 is 17.5 Å². The number of carbonyl (C=O) groups is 2. The lowest BCUT2D eigenvalue weighted by molar-refractivity contribution is -0.139. The Balaban J connectivity index is 1.90. The molecule has 0 radical (unpaired) electrons. The van der Waals surface area contributed by atoms with E-state index in [1.807, 2.05) is 31.7 Å². The largest absolute Gasteiger partial charge is 0.463 e. The molecular formula is C26H31N5O5. The third-order valence-corrected chi connectivity index (χ3v) is 5.85. The average molecular weight is 494 g/mol. The predicted octanol–water partition coefficient (Wildman–Crippen LogP) is 3.26. The second-order valence-electron chi connectivity index (χ2n) is 9.46. The maximum atomic E-state index is 12.8. The molecule has 10 heteroatoms. The minimum Gasteiger partial charge on any atom is -0.463 e. The highest BCUT2D eigenvalue weighted by atomic mass is 16.6. The van der Waals surface area contributed by atoms with E-state index in [1.165, 1.54) is 0 Å². The van der Waals surface area contributed by atoms with Gasteiger partial charge in [-0.3, -0.25) is 0 Å². The van der Waals surface area contributed by atoms with Crippen LogP contribution in [-0.4, -0.2) is 55.3 Å². The van der Waals surface area contributed by atoms with Gasteiger partial charge in [0.05, 0.1) is 29.3 Å². The average Bonchev–Trinajstić information content (AvgIpc) is 2.82. The van der Waals surface area contributed by atoms with Gasteiger partial charge in [-0.1, -0.05) is 6.07 Å². The minimum absolute atomic E-state index is 0.0752. The summed E-state index contributed by atoms with van der Waals surface area (Å²) in [5.41, 5.74) is 7.27. The first-order chi connectivity index (χ1) is 17.0. The van der Waals surface area contributed by atoms with Crippen molar-refractivity contribution in [3.05, 3.63) is 52.1 Å². The van der Waals surface area contributed by atoms with E-state index in [4.69, 9.17) is 19.9 Å². The number of allylic oxidation sites excluding steroid dienone is 2. The Hall–Kier alpha value is -4.18. The Morgan fingerprint density at radius 1 is 1.17 bits per heavy atom. The summed E-state index contributed by atoms with van der Waals surface area (Å²) in [7, 11) is 0. The predicted molar refractivity (Wildman–Crippen MR) is 131 cm³/mol. The molecule has 1 aromatic carbocycles. The van der Waals surface area contributed by atoms with Crippen LogP contribution in [0.3, 0.4) is 0 Å². The first-order valence-electron chi connectivity index (χ1n) is 11.7. The Morgan fingerprint density at radius 2 is 1.83 bits per heavy atom. The number of esters is 1. The summed E-state index contributed by atoms with van der Waals surface area (Å²) in [5, 5.41) is 19.7. The van der Waals surface area contributed by atoms with E-state index in [-0.39, 0.29) is 35.5 Å². The van der Waals surface area contributed by atoms with Crippen LogP contribution in [0.25, 0.3) is 0 Å². The van der Waals surface area contributed by atoms with E-state index in [0.29, 0.717) is 43.0 Å². The zero-order valence-electron chi connectivity index (χ0n) is 21.3. The zero-order valence-corrected chi connectivity index (χ0v) is 21.3. The molecule has 0 saturated carbocycles. The third-order valence-electron chi connectivity index (χ3n) is 5.85. The molecular weight excluding hydrogens is 462 g/mol. The molecule has 2 heterocycles. The van der Waals surface area contributed by atoms with Crippen LogP contribution < -0.4 is 10.6 Å². The van der Waals surface area contributed by atoms with Crippen LogP contribution in [0.5, 0.6) is 0 Å². The Kier molecular flexibility index (Phi) is 7.79. The Labute approximate surface area is 211 Å². The summed E-state index contributed by atoms with van der Waals surface area (Å²) in [5.74, 6) is -1.28. The van der Waals surface area contributed by atoms with Crippen LogP contribution in [0, 0.1) is 22.7 Å². The highest BCUT2D eigenvalue weighted by Crippen LogP contribution is 2.40. The second-order valence-corrected chi connectivity index (χ2v) is 9.46. The molecule has 0 aliphatic carbocycles. The molecule has 1 atom stereocenters. The van der Waals surface area contributed by atoms with Crippen molar-refractivity contribution in [2.45, 2.75) is 46.1 Å². The number of hydrogen-bond donors (Lipinski definition) is 1. The number of piperazine rings is 1. The van der Waals surface area contributed by atoms with Gasteiger partial charge in [-0.2, -0.15) is 10.5 Å². The van der Waals surface area contributed by atoms with Gasteiger partial charge in [0.1, 0.15) is 29.1 Å². The van der Waals surface area contributed by atoms with Gasteiger partial charge in [0.15, 0.2) is 0 Å². The van der Waals surface area contributed by atoms with Gasteiger partial charge >= 0.3 is 12.1 Å². The summed E-state index contributed by atoms with van der Waals surface area (Å²) in [6.45, 7) is 10.9. The number of benzene rings is 1. The monoisotopic (exact) mass is 493 g/mol. The molecule has 2 aliphatic rings. The van der Waals surface area contributed by atoms with Crippen molar-refractivity contribution < 1.29 is 23.8 Å². The third kappa shape index (κ3) is 5.55. The highest BCUT2D eigenvalue weighted by molar-refractivity contribution is 5.92. The molecule has 1 saturated heterocycles. The van der Waals surface area contributed by atoms with Crippen molar-refractivity contribution in [2.75, 3.05) is 37.7 Å². The van der Waals surface area contributed by atoms with Crippen molar-refractivity contribution in [1.82, 2.24) is 4.90 Å². The topological polar surface area (TPSA) is 142 Å². The van der Waals surface area contributed by atoms with E-state index >= 15 is 0 Å². The van der Waals surface area contributed by atoms with Crippen LogP contribution >= 0.6 is 0 Å². The molecule has 2 aliphatic heterocycles. The molecule has 10 nitrogen and oxygen atoms in total. The van der Waals surface area contributed by atoms with Crippen LogP contribution in [0.15, 0.2) is 41.0 Å². The van der Waals surface area contributed by atoms with Gasteiger partial charge in [0, 0.05) is 26.2 Å². The number of nitrogens with two attached hydrogens (primary N) is 1. The normalized spacial score (nSPS) is 18.2. The van der Waals surface area contributed by atoms with E-state index in [9.17, 15) is 20.1 Å². The summed E-state index contributed by atoms with van der Waals surface area (Å²) in [4.78, 5) is 28.8. The number of nitrogens with zero attached hydrogens (tertiary/aromatic N) is 4. The smallest absolute Gasteiger partial charge is 0.410 e. The lowest BCUT2D eigenvalue weighted by Gasteiger charge is -2.37. The molecule has 0 spiro atoms. The summed E-state index contributed by atoms with van der Waals surface area (Å²) in [6.07, 6.45) is -0.361. The van der Waals surface area contributed by atoms with E-state index in [1.54, 1.807) is 36.9 Å². The van der Waals surface area contributed by atoms with Gasteiger partial charge in [-0.15, -0.1) is 0 Å². The SMILES string of the molecule is CCOC(=O)C1=C(C)OC(N)=C(C#N)C1c1ccc(N2CCN(C(=O)OC(C)(C)C)CC2)c(C#N)c1. The van der Waals surface area contributed by atoms with Crippen LogP contribution in [0.2, 0.25) is 0 Å². The number of anilines is 1. The molecule has 1 aromatic rings. The summed E-state index contributed by atoms with van der Waals surface area (Å²) < 4.78 is 16.1. The van der Waals surface area contributed by atoms with Crippen LogP contribution in [0.4, 0.5) is 10.5 Å². The maximum Gasteiger partial charge on any atom is 0.410 e. The van der Waals surface area contributed by atoms with Gasteiger partial charge in [0.2, 0.25) is 5.88 Å². The molecule has 1 amide bonds.